The van der Waals surface area contributed by atoms with Gasteiger partial charge in [-0.1, -0.05) is 34.9 Å². The van der Waals surface area contributed by atoms with Crippen LogP contribution in [0.1, 0.15) is 33.6 Å². The zero-order valence-corrected chi connectivity index (χ0v) is 12.6. The van der Waals surface area contributed by atoms with Gasteiger partial charge in [0.1, 0.15) is 0 Å². The Balaban J connectivity index is 2.82. The smallest absolute Gasteiger partial charge is 0.257 e. The molecule has 5 heteroatoms. The molecule has 1 rings (SSSR count). The highest BCUT2D eigenvalue weighted by Crippen LogP contribution is 2.45. The molecule has 1 aliphatic rings. The van der Waals surface area contributed by atoms with E-state index in [-0.39, 0.29) is 17.7 Å². The van der Waals surface area contributed by atoms with Gasteiger partial charge in [-0.3, -0.25) is 4.79 Å². The first-order valence-corrected chi connectivity index (χ1v) is 6.93. The summed E-state index contributed by atoms with van der Waals surface area (Å²) in [6.45, 7) is 6.03. The molecule has 1 fully saturated rings. The van der Waals surface area contributed by atoms with E-state index in [1.807, 2.05) is 20.8 Å². The monoisotopic (exact) mass is 297 g/mol. The third-order valence-corrected chi connectivity index (χ3v) is 4.46. The summed E-state index contributed by atoms with van der Waals surface area (Å²) in [6.07, 6.45) is 3.78. The largest absolute Gasteiger partial charge is 0.348 e. The van der Waals surface area contributed by atoms with Crippen LogP contribution < -0.4 is 5.32 Å². The van der Waals surface area contributed by atoms with Crippen molar-refractivity contribution in [3.05, 3.63) is 11.6 Å². The van der Waals surface area contributed by atoms with Crippen molar-refractivity contribution >= 4 is 40.7 Å². The summed E-state index contributed by atoms with van der Waals surface area (Å²) in [4.78, 5) is 11.7. The van der Waals surface area contributed by atoms with Gasteiger partial charge in [0.25, 0.3) is 5.91 Å². The number of amides is 1. The molecule has 0 bridgehead atoms. The quantitative estimate of drug-likeness (QED) is 0.623. The Bertz CT molecular complexity index is 337. The molecule has 0 aromatic rings. The average Bonchev–Trinajstić information content (AvgIpc) is 2.32. The number of carbonyl (C=O) groups excluding carboxylic acids is 1. The summed E-state index contributed by atoms with van der Waals surface area (Å²) in [7, 11) is 0. The Morgan fingerprint density at radius 3 is 2.53 bits per heavy atom. The Hall–Kier alpha value is 0.0800. The van der Waals surface area contributed by atoms with E-state index < -0.39 is 9.87 Å². The molecule has 1 saturated heterocycles. The molecule has 98 valence electrons. The molecule has 1 N–H and O–H groups in total. The predicted molar refractivity (Wildman–Crippen MR) is 73.9 cm³/mol. The van der Waals surface area contributed by atoms with Crippen LogP contribution in [-0.2, 0) is 4.79 Å². The Morgan fingerprint density at radius 1 is 1.47 bits per heavy atom. The molecule has 0 aromatic heterocycles. The van der Waals surface area contributed by atoms with Crippen molar-refractivity contribution in [3.63, 3.8) is 0 Å². The lowest BCUT2D eigenvalue weighted by Crippen LogP contribution is -2.44. The highest BCUT2D eigenvalue weighted by molar-refractivity contribution is 6.59. The van der Waals surface area contributed by atoms with E-state index in [1.54, 1.807) is 0 Å². The molecule has 0 aromatic carbocycles. The lowest BCUT2D eigenvalue weighted by Gasteiger charge is -2.31. The SMILES string of the molecule is CC(C)=CCCC1(C)NC(=O)C(Cl)(Cl)C1CCl. The summed E-state index contributed by atoms with van der Waals surface area (Å²) < 4.78 is -1.42. The van der Waals surface area contributed by atoms with Crippen LogP contribution in [0.4, 0.5) is 0 Å². The zero-order chi connectivity index (χ0) is 13.3. The van der Waals surface area contributed by atoms with Crippen LogP contribution in [-0.4, -0.2) is 21.7 Å². The van der Waals surface area contributed by atoms with Gasteiger partial charge in [-0.15, -0.1) is 11.6 Å². The maximum atomic E-state index is 11.7. The van der Waals surface area contributed by atoms with Crippen LogP contribution in [0, 0.1) is 5.92 Å². The highest BCUT2D eigenvalue weighted by Gasteiger charge is 2.58. The molecule has 2 unspecified atom stereocenters. The van der Waals surface area contributed by atoms with E-state index in [1.165, 1.54) is 5.57 Å². The van der Waals surface area contributed by atoms with Crippen LogP contribution in [0.5, 0.6) is 0 Å². The lowest BCUT2D eigenvalue weighted by atomic mass is 9.84. The van der Waals surface area contributed by atoms with Gasteiger partial charge in [0.15, 0.2) is 0 Å². The molecule has 0 spiro atoms. The number of alkyl halides is 3. The summed E-state index contributed by atoms with van der Waals surface area (Å²) in [6, 6.07) is 0. The number of allylic oxidation sites excluding steroid dienone is 2. The Kier molecular flexibility index (Phi) is 4.79. The average molecular weight is 299 g/mol. The molecule has 0 radical (unpaired) electrons. The first kappa shape index (κ1) is 15.1. The molecular weight excluding hydrogens is 280 g/mol. The minimum Gasteiger partial charge on any atom is -0.348 e. The third kappa shape index (κ3) is 3.10. The van der Waals surface area contributed by atoms with Crippen LogP contribution in [0.2, 0.25) is 0 Å². The highest BCUT2D eigenvalue weighted by atomic mass is 35.5. The van der Waals surface area contributed by atoms with Gasteiger partial charge in [0, 0.05) is 17.3 Å². The summed E-state index contributed by atoms with van der Waals surface area (Å²) in [5.41, 5.74) is 0.817. The Labute approximate surface area is 118 Å². The number of carbonyl (C=O) groups is 1. The predicted octanol–water partition coefficient (Wildman–Crippen LogP) is 3.65. The van der Waals surface area contributed by atoms with E-state index in [9.17, 15) is 4.79 Å². The molecule has 0 aliphatic carbocycles. The minimum absolute atomic E-state index is 0.261. The van der Waals surface area contributed by atoms with Gasteiger partial charge in [0.05, 0.1) is 0 Å². The van der Waals surface area contributed by atoms with Crippen LogP contribution in [0.3, 0.4) is 0 Å². The second-order valence-corrected chi connectivity index (χ2v) is 6.72. The Morgan fingerprint density at radius 2 is 2.06 bits per heavy atom. The van der Waals surface area contributed by atoms with Crippen molar-refractivity contribution in [2.45, 2.75) is 43.5 Å². The molecule has 1 amide bonds. The second-order valence-electron chi connectivity index (χ2n) is 5.02. The number of nitrogens with one attached hydrogen (secondary N) is 1. The van der Waals surface area contributed by atoms with Crippen LogP contribution in [0.25, 0.3) is 0 Å². The summed E-state index contributed by atoms with van der Waals surface area (Å²) in [5, 5.41) is 2.88. The molecule has 2 nitrogen and oxygen atoms in total. The fourth-order valence-corrected chi connectivity index (χ4v) is 3.61. The van der Waals surface area contributed by atoms with Gasteiger partial charge >= 0.3 is 0 Å². The topological polar surface area (TPSA) is 29.1 Å². The first-order chi connectivity index (χ1) is 7.74. The minimum atomic E-state index is -1.42. The van der Waals surface area contributed by atoms with Crippen LogP contribution >= 0.6 is 34.8 Å². The summed E-state index contributed by atoms with van der Waals surface area (Å²) >= 11 is 18.0. The van der Waals surface area contributed by atoms with Crippen LogP contribution in [0.15, 0.2) is 11.6 Å². The van der Waals surface area contributed by atoms with Gasteiger partial charge in [-0.05, 0) is 33.6 Å². The van der Waals surface area contributed by atoms with Crippen molar-refractivity contribution in [1.29, 1.82) is 0 Å². The molecule has 2 atom stereocenters. The van der Waals surface area contributed by atoms with Gasteiger partial charge in [-0.2, -0.15) is 0 Å². The van der Waals surface area contributed by atoms with Crippen molar-refractivity contribution in [1.82, 2.24) is 5.32 Å². The maximum Gasteiger partial charge on any atom is 0.257 e. The molecular formula is C12H18Cl3NO. The van der Waals surface area contributed by atoms with E-state index in [0.717, 1.165) is 12.8 Å². The third-order valence-electron chi connectivity index (χ3n) is 3.28. The standard InChI is InChI=1S/C12H18Cl3NO/c1-8(2)5-4-6-11(3)9(7-13)12(14,15)10(17)16-11/h5,9H,4,6-7H2,1-3H3,(H,16,17). The van der Waals surface area contributed by atoms with Gasteiger partial charge in [-0.25, -0.2) is 0 Å². The fraction of sp³-hybridized carbons (Fsp3) is 0.750. The molecule has 1 aliphatic heterocycles. The number of hydrogen-bond acceptors (Lipinski definition) is 1. The zero-order valence-electron chi connectivity index (χ0n) is 10.3. The number of rotatable bonds is 4. The first-order valence-electron chi connectivity index (χ1n) is 5.64. The molecule has 1 heterocycles. The second kappa shape index (κ2) is 5.38. The van der Waals surface area contributed by atoms with Crippen molar-refractivity contribution < 1.29 is 4.79 Å². The maximum absolute atomic E-state index is 11.7. The fourth-order valence-electron chi connectivity index (χ4n) is 2.15. The van der Waals surface area contributed by atoms with E-state index >= 15 is 0 Å². The molecule has 0 saturated carbocycles. The van der Waals surface area contributed by atoms with Crippen molar-refractivity contribution in [3.8, 4) is 0 Å². The van der Waals surface area contributed by atoms with Crippen molar-refractivity contribution in [2.24, 2.45) is 5.92 Å². The van der Waals surface area contributed by atoms with E-state index in [0.29, 0.717) is 0 Å². The molecule has 17 heavy (non-hydrogen) atoms. The van der Waals surface area contributed by atoms with Gasteiger partial charge in [0.2, 0.25) is 4.33 Å². The normalized spacial score (nSPS) is 31.2. The number of hydrogen-bond donors (Lipinski definition) is 1. The van der Waals surface area contributed by atoms with E-state index in [2.05, 4.69) is 11.4 Å². The lowest BCUT2D eigenvalue weighted by molar-refractivity contribution is -0.120. The van der Waals surface area contributed by atoms with Crippen molar-refractivity contribution in [2.75, 3.05) is 5.88 Å². The number of halogens is 3. The van der Waals surface area contributed by atoms with E-state index in [4.69, 9.17) is 34.8 Å². The van der Waals surface area contributed by atoms with Gasteiger partial charge < -0.3 is 5.32 Å². The summed E-state index contributed by atoms with van der Waals surface area (Å²) in [5.74, 6) is -0.360.